The maximum absolute atomic E-state index is 12.6. The molecule has 1 aromatic rings. The van der Waals surface area contributed by atoms with Crippen LogP contribution in [0, 0.1) is 6.92 Å². The van der Waals surface area contributed by atoms with Crippen molar-refractivity contribution >= 4 is 41.6 Å². The van der Waals surface area contributed by atoms with Gasteiger partial charge in [-0.2, -0.15) is 0 Å². The van der Waals surface area contributed by atoms with E-state index < -0.39 is 9.05 Å². The van der Waals surface area contributed by atoms with Gasteiger partial charge in [0, 0.05) is 33.3 Å². The van der Waals surface area contributed by atoms with E-state index in [1.807, 2.05) is 20.8 Å². The van der Waals surface area contributed by atoms with Gasteiger partial charge >= 0.3 is 0 Å². The van der Waals surface area contributed by atoms with Gasteiger partial charge in [-0.05, 0) is 44.9 Å². The van der Waals surface area contributed by atoms with Gasteiger partial charge in [-0.1, -0.05) is 22.9 Å². The smallest absolute Gasteiger partial charge is 0.261 e. The van der Waals surface area contributed by atoms with Crippen LogP contribution in [0.4, 0.5) is 0 Å². The minimum atomic E-state index is -3.91. The number of amides is 1. The molecule has 0 bridgehead atoms. The Balaban J connectivity index is 3.40. The van der Waals surface area contributed by atoms with Crippen molar-refractivity contribution in [1.29, 1.82) is 0 Å². The average Bonchev–Trinajstić information content (AvgIpc) is 2.38. The van der Waals surface area contributed by atoms with Crippen molar-refractivity contribution in [3.05, 3.63) is 27.7 Å². The van der Waals surface area contributed by atoms with Gasteiger partial charge in [-0.25, -0.2) is 8.42 Å². The Kier molecular flexibility index (Phi) is 5.51. The first-order chi connectivity index (χ1) is 9.41. The van der Waals surface area contributed by atoms with Gasteiger partial charge in [-0.15, -0.1) is 0 Å². The molecule has 118 valence electrons. The Hall–Kier alpha value is -0.590. The largest absolute Gasteiger partial charge is 0.337 e. The molecule has 0 fully saturated rings. The molecule has 1 amide bonds. The van der Waals surface area contributed by atoms with Crippen LogP contribution in [0.25, 0.3) is 0 Å². The minimum absolute atomic E-state index is 0.0513. The third-order valence-corrected chi connectivity index (χ3v) is 6.16. The Bertz CT molecular complexity index is 671. The first-order valence-electron chi connectivity index (χ1n) is 6.44. The number of hydrogen-bond donors (Lipinski definition) is 0. The molecular formula is C14H19BrClNO3S. The molecule has 0 aliphatic heterocycles. The Morgan fingerprint density at radius 1 is 1.38 bits per heavy atom. The Morgan fingerprint density at radius 3 is 2.33 bits per heavy atom. The van der Waals surface area contributed by atoms with E-state index in [1.165, 1.54) is 6.07 Å². The summed E-state index contributed by atoms with van der Waals surface area (Å²) in [5.74, 6) is -0.246. The molecule has 0 unspecified atom stereocenters. The molecule has 0 heterocycles. The first kappa shape index (κ1) is 18.5. The summed E-state index contributed by atoms with van der Waals surface area (Å²) in [6.45, 7) is 7.53. The van der Waals surface area contributed by atoms with Crippen LogP contribution in [0.3, 0.4) is 0 Å². The molecule has 4 nitrogen and oxygen atoms in total. The summed E-state index contributed by atoms with van der Waals surface area (Å²) in [6.07, 6.45) is 0.781. The second-order valence-corrected chi connectivity index (χ2v) is 8.94. The van der Waals surface area contributed by atoms with Gasteiger partial charge in [0.25, 0.3) is 15.0 Å². The summed E-state index contributed by atoms with van der Waals surface area (Å²) in [7, 11) is 3.23. The van der Waals surface area contributed by atoms with Gasteiger partial charge in [0.05, 0.1) is 4.90 Å². The fraction of sp³-hybridized carbons (Fsp3) is 0.500. The zero-order valence-electron chi connectivity index (χ0n) is 12.7. The second-order valence-electron chi connectivity index (χ2n) is 5.55. The van der Waals surface area contributed by atoms with Crippen LogP contribution in [0.5, 0.6) is 0 Å². The number of benzene rings is 1. The van der Waals surface area contributed by atoms with E-state index in [0.29, 0.717) is 10.0 Å². The molecule has 0 aromatic heterocycles. The van der Waals surface area contributed by atoms with Crippen LogP contribution in [-0.4, -0.2) is 31.8 Å². The molecule has 0 spiro atoms. The zero-order chi connectivity index (χ0) is 16.6. The SMILES string of the molecule is CCC(C)(C)N(C)C(=O)c1cc(Br)c(C)c(S(=O)(=O)Cl)c1. The second kappa shape index (κ2) is 6.26. The van der Waals surface area contributed by atoms with E-state index in [1.54, 1.807) is 24.9 Å². The number of nitrogens with zero attached hydrogens (tertiary/aromatic N) is 1. The van der Waals surface area contributed by atoms with E-state index in [-0.39, 0.29) is 21.9 Å². The summed E-state index contributed by atoms with van der Waals surface area (Å²) < 4.78 is 23.8. The molecular weight excluding hydrogens is 378 g/mol. The lowest BCUT2D eigenvalue weighted by Crippen LogP contribution is -2.44. The molecule has 21 heavy (non-hydrogen) atoms. The number of hydrogen-bond acceptors (Lipinski definition) is 3. The van der Waals surface area contributed by atoms with E-state index in [0.717, 1.165) is 6.42 Å². The Labute approximate surface area is 139 Å². The van der Waals surface area contributed by atoms with E-state index in [4.69, 9.17) is 10.7 Å². The fourth-order valence-electron chi connectivity index (χ4n) is 1.74. The van der Waals surface area contributed by atoms with Crippen LogP contribution in [-0.2, 0) is 9.05 Å². The predicted octanol–water partition coefficient (Wildman–Crippen LogP) is 3.95. The maximum Gasteiger partial charge on any atom is 0.261 e. The summed E-state index contributed by atoms with van der Waals surface area (Å²) in [5, 5.41) is 0. The lowest BCUT2D eigenvalue weighted by atomic mass is 9.98. The highest BCUT2D eigenvalue weighted by Gasteiger charge is 2.28. The molecule has 7 heteroatoms. The van der Waals surface area contributed by atoms with E-state index in [2.05, 4.69) is 15.9 Å². The van der Waals surface area contributed by atoms with Crippen molar-refractivity contribution in [3.8, 4) is 0 Å². The van der Waals surface area contributed by atoms with Crippen LogP contribution < -0.4 is 0 Å². The van der Waals surface area contributed by atoms with Gasteiger partial charge < -0.3 is 4.90 Å². The molecule has 0 N–H and O–H groups in total. The molecule has 0 saturated heterocycles. The summed E-state index contributed by atoms with van der Waals surface area (Å²) in [5.41, 5.74) is 0.448. The standard InChI is InChI=1S/C14H19BrClNO3S/c1-6-14(3,4)17(5)13(18)10-7-11(15)9(2)12(8-10)21(16,19)20/h7-8H,6H2,1-5H3. The van der Waals surface area contributed by atoms with Crippen LogP contribution in [0.15, 0.2) is 21.5 Å². The van der Waals surface area contributed by atoms with Crippen molar-refractivity contribution in [2.45, 2.75) is 44.6 Å². The highest BCUT2D eigenvalue weighted by Crippen LogP contribution is 2.29. The number of carbonyl (C=O) groups excluding carboxylic acids is 1. The average molecular weight is 397 g/mol. The monoisotopic (exact) mass is 395 g/mol. The third kappa shape index (κ3) is 3.99. The third-order valence-electron chi connectivity index (χ3n) is 3.88. The van der Waals surface area contributed by atoms with Crippen molar-refractivity contribution in [1.82, 2.24) is 4.90 Å². The zero-order valence-corrected chi connectivity index (χ0v) is 15.9. The first-order valence-corrected chi connectivity index (χ1v) is 9.55. The summed E-state index contributed by atoms with van der Waals surface area (Å²) in [6, 6.07) is 2.94. The van der Waals surface area contributed by atoms with Crippen LogP contribution in [0.1, 0.15) is 43.1 Å². The molecule has 0 radical (unpaired) electrons. The van der Waals surface area contributed by atoms with E-state index >= 15 is 0 Å². The van der Waals surface area contributed by atoms with Gasteiger partial charge in [0.15, 0.2) is 0 Å². The lowest BCUT2D eigenvalue weighted by molar-refractivity contribution is 0.0620. The number of carbonyl (C=O) groups is 1. The quantitative estimate of drug-likeness (QED) is 0.724. The normalized spacial score (nSPS) is 12.3. The Morgan fingerprint density at radius 2 is 1.90 bits per heavy atom. The molecule has 0 aliphatic carbocycles. The molecule has 1 rings (SSSR count). The van der Waals surface area contributed by atoms with Gasteiger partial charge in [0.1, 0.15) is 0 Å². The summed E-state index contributed by atoms with van der Waals surface area (Å²) >= 11 is 3.28. The topological polar surface area (TPSA) is 54.5 Å². The predicted molar refractivity (Wildman–Crippen MR) is 88.4 cm³/mol. The minimum Gasteiger partial charge on any atom is -0.337 e. The number of halogens is 2. The van der Waals surface area contributed by atoms with Crippen molar-refractivity contribution in [2.24, 2.45) is 0 Å². The van der Waals surface area contributed by atoms with Crippen molar-refractivity contribution in [3.63, 3.8) is 0 Å². The molecule has 0 aliphatic rings. The summed E-state index contributed by atoms with van der Waals surface area (Å²) in [4.78, 5) is 14.1. The van der Waals surface area contributed by atoms with Crippen molar-refractivity contribution < 1.29 is 13.2 Å². The van der Waals surface area contributed by atoms with Crippen LogP contribution >= 0.6 is 26.6 Å². The van der Waals surface area contributed by atoms with Gasteiger partial charge in [0.2, 0.25) is 0 Å². The molecule has 1 aromatic carbocycles. The highest BCUT2D eigenvalue weighted by atomic mass is 79.9. The van der Waals surface area contributed by atoms with Crippen LogP contribution in [0.2, 0.25) is 0 Å². The molecule has 0 atom stereocenters. The number of rotatable bonds is 4. The fourth-order valence-corrected chi connectivity index (χ4v) is 3.55. The van der Waals surface area contributed by atoms with E-state index in [9.17, 15) is 13.2 Å². The molecule has 0 saturated carbocycles. The van der Waals surface area contributed by atoms with Gasteiger partial charge in [-0.3, -0.25) is 4.79 Å². The lowest BCUT2D eigenvalue weighted by Gasteiger charge is -2.35. The highest BCUT2D eigenvalue weighted by molar-refractivity contribution is 9.10. The maximum atomic E-state index is 12.6. The van der Waals surface area contributed by atoms with Crippen molar-refractivity contribution in [2.75, 3.05) is 7.05 Å².